The highest BCUT2D eigenvalue weighted by Crippen LogP contribution is 2.03. The Labute approximate surface area is 65.7 Å². The third-order valence-corrected chi connectivity index (χ3v) is 2.81. The molecule has 0 aliphatic rings. The fourth-order valence-electron chi connectivity index (χ4n) is 0.191. The normalized spacial score (nSPS) is 12.8. The monoisotopic (exact) mass is 242 g/mol. The molecule has 0 unspecified atom stereocenters. The summed E-state index contributed by atoms with van der Waals surface area (Å²) in [7, 11) is 1.36. The lowest BCUT2D eigenvalue weighted by Gasteiger charge is -2.01. The summed E-state index contributed by atoms with van der Waals surface area (Å²) in [5.41, 5.74) is 0. The molecule has 5 heteroatoms. The number of carbonyl (C=O) groups excluding carboxylic acids is 1. The smallest absolute Gasteiger partial charge is 0.326 e. The summed E-state index contributed by atoms with van der Waals surface area (Å²) in [6.45, 7) is 0. The molecule has 0 aliphatic carbocycles. The van der Waals surface area contributed by atoms with Crippen LogP contribution in [0.5, 0.6) is 0 Å². The average molecular weight is 244 g/mol. The highest BCUT2D eigenvalue weighted by Gasteiger charge is 2.10. The van der Waals surface area contributed by atoms with Gasteiger partial charge in [0.2, 0.25) is 0 Å². The van der Waals surface area contributed by atoms with Crippen LogP contribution in [-0.4, -0.2) is 24.2 Å². The van der Waals surface area contributed by atoms with Gasteiger partial charge in [0.25, 0.3) is 0 Å². The first kappa shape index (κ1) is 8.49. The van der Waals surface area contributed by atoms with Crippen LogP contribution in [-0.2, 0) is 9.45 Å². The van der Waals surface area contributed by atoms with Crippen LogP contribution in [0.25, 0.3) is 0 Å². The van der Waals surface area contributed by atoms with E-state index in [2.05, 4.69) is 36.5 Å². The molecule has 0 rings (SSSR count). The molecule has 8 heavy (non-hydrogen) atoms. The second-order valence-corrected chi connectivity index (χ2v) is 2.90. The van der Waals surface area contributed by atoms with Crippen molar-refractivity contribution < 1.29 is 9.45 Å². The minimum absolute atomic E-state index is 0.215. The van der Waals surface area contributed by atoms with Crippen LogP contribution in [0.3, 0.4) is 0 Å². The number of carbonyl (C=O) groups is 1. The molecule has 2 nitrogen and oxygen atoms in total. The number of alkyl halides is 2. The van der Waals surface area contributed by atoms with Crippen molar-refractivity contribution in [3.05, 3.63) is 0 Å². The van der Waals surface area contributed by atoms with Gasteiger partial charge in [-0.15, -0.1) is 0 Å². The Morgan fingerprint density at radius 3 is 2.50 bits per heavy atom. The standard InChI is InChI=1S/C3H5BBr2O2/c4-8-3(7)2(6)1-5/h2H,1,4H2/t2-/m0/s1. The maximum Gasteiger partial charge on any atom is 0.326 e. The lowest BCUT2D eigenvalue weighted by molar-refractivity contribution is -0.132. The SMILES string of the molecule is BOC(=O)[C@@H](Br)CBr. The minimum atomic E-state index is -0.248. The summed E-state index contributed by atoms with van der Waals surface area (Å²) in [4.78, 5) is 10.2. The summed E-state index contributed by atoms with van der Waals surface area (Å²) in [5.74, 6) is -0.248. The number of rotatable bonds is 2. The van der Waals surface area contributed by atoms with Crippen molar-refractivity contribution in [3.8, 4) is 0 Å². The third kappa shape index (κ3) is 2.72. The molecule has 0 amide bonds. The molecule has 0 aromatic rings. The van der Waals surface area contributed by atoms with E-state index in [4.69, 9.17) is 0 Å². The molecule has 46 valence electrons. The van der Waals surface area contributed by atoms with E-state index in [-0.39, 0.29) is 10.8 Å². The number of hydrogen-bond donors (Lipinski definition) is 0. The van der Waals surface area contributed by atoms with Gasteiger partial charge >= 0.3 is 14.0 Å². The van der Waals surface area contributed by atoms with Crippen molar-refractivity contribution in [1.29, 1.82) is 0 Å². The molecule has 0 radical (unpaired) electrons. The van der Waals surface area contributed by atoms with Crippen molar-refractivity contribution in [2.45, 2.75) is 4.83 Å². The first-order chi connectivity index (χ1) is 3.72. The van der Waals surface area contributed by atoms with E-state index in [1.807, 2.05) is 0 Å². The van der Waals surface area contributed by atoms with E-state index >= 15 is 0 Å². The summed E-state index contributed by atoms with van der Waals surface area (Å²) < 4.78 is 4.39. The molecule has 0 saturated heterocycles. The summed E-state index contributed by atoms with van der Waals surface area (Å²) in [6.07, 6.45) is 0. The van der Waals surface area contributed by atoms with Crippen LogP contribution in [0.15, 0.2) is 0 Å². The van der Waals surface area contributed by atoms with Crippen molar-refractivity contribution in [2.75, 3.05) is 5.33 Å². The second-order valence-electron chi connectivity index (χ2n) is 1.14. The largest absolute Gasteiger partial charge is 0.543 e. The molecule has 0 bridgehead atoms. The van der Waals surface area contributed by atoms with Crippen molar-refractivity contribution in [1.82, 2.24) is 0 Å². The van der Waals surface area contributed by atoms with Gasteiger partial charge < -0.3 is 4.65 Å². The maximum atomic E-state index is 10.4. The highest BCUT2D eigenvalue weighted by molar-refractivity contribution is 9.12. The van der Waals surface area contributed by atoms with Crippen LogP contribution in [0.2, 0.25) is 0 Å². The topological polar surface area (TPSA) is 26.3 Å². The zero-order chi connectivity index (χ0) is 6.57. The first-order valence-corrected chi connectivity index (χ1v) is 4.04. The van der Waals surface area contributed by atoms with Gasteiger partial charge in [-0.05, 0) is 0 Å². The summed E-state index contributed by atoms with van der Waals surface area (Å²) in [5, 5.41) is 0.583. The Morgan fingerprint density at radius 2 is 2.38 bits per heavy atom. The molecule has 0 aromatic heterocycles. The summed E-state index contributed by atoms with van der Waals surface area (Å²) in [6, 6.07) is 0. The average Bonchev–Trinajstić information content (AvgIpc) is 1.84. The predicted octanol–water partition coefficient (Wildman–Crippen LogP) is 0.236. The first-order valence-electron chi connectivity index (χ1n) is 2.00. The van der Waals surface area contributed by atoms with Gasteiger partial charge in [0, 0.05) is 5.33 Å². The second kappa shape index (κ2) is 4.38. The molecule has 0 N–H and O–H groups in total. The zero-order valence-electron chi connectivity index (χ0n) is 4.36. The molecule has 0 aliphatic heterocycles. The van der Waals surface area contributed by atoms with E-state index in [1.54, 1.807) is 0 Å². The van der Waals surface area contributed by atoms with Gasteiger partial charge in [-0.25, -0.2) is 0 Å². The lowest BCUT2D eigenvalue weighted by Crippen LogP contribution is -2.16. The predicted molar refractivity (Wildman–Crippen MR) is 41.1 cm³/mol. The quantitative estimate of drug-likeness (QED) is 0.513. The minimum Gasteiger partial charge on any atom is -0.543 e. The van der Waals surface area contributed by atoms with Crippen LogP contribution in [0.4, 0.5) is 0 Å². The van der Waals surface area contributed by atoms with E-state index in [0.717, 1.165) is 0 Å². The maximum absolute atomic E-state index is 10.4. The molecule has 0 heterocycles. The van der Waals surface area contributed by atoms with Gasteiger partial charge in [-0.2, -0.15) is 0 Å². The Balaban J connectivity index is 3.46. The third-order valence-electron chi connectivity index (χ3n) is 0.592. The Kier molecular flexibility index (Phi) is 4.65. The van der Waals surface area contributed by atoms with Crippen molar-refractivity contribution in [2.24, 2.45) is 0 Å². The zero-order valence-corrected chi connectivity index (χ0v) is 7.53. The van der Waals surface area contributed by atoms with Crippen LogP contribution < -0.4 is 0 Å². The fraction of sp³-hybridized carbons (Fsp3) is 0.667. The molecule has 0 aromatic carbocycles. The molecule has 1 atom stereocenters. The molecule has 0 saturated carbocycles. The molecular weight excluding hydrogens is 239 g/mol. The molecule has 0 spiro atoms. The van der Waals surface area contributed by atoms with Gasteiger partial charge in [0.1, 0.15) is 4.83 Å². The van der Waals surface area contributed by atoms with Gasteiger partial charge in [0.05, 0.1) is 0 Å². The Hall–Kier alpha value is 0.495. The Bertz CT molecular complexity index is 87.4. The van der Waals surface area contributed by atoms with Crippen molar-refractivity contribution in [3.63, 3.8) is 0 Å². The number of hydrogen-bond acceptors (Lipinski definition) is 2. The van der Waals surface area contributed by atoms with Crippen LogP contribution >= 0.6 is 31.9 Å². The fourth-order valence-corrected chi connectivity index (χ4v) is 0.642. The van der Waals surface area contributed by atoms with Gasteiger partial charge in [0.15, 0.2) is 0 Å². The van der Waals surface area contributed by atoms with E-state index in [0.29, 0.717) is 5.33 Å². The van der Waals surface area contributed by atoms with Crippen molar-refractivity contribution >= 4 is 45.9 Å². The number of halogens is 2. The van der Waals surface area contributed by atoms with E-state index in [1.165, 1.54) is 8.05 Å². The van der Waals surface area contributed by atoms with Crippen LogP contribution in [0.1, 0.15) is 0 Å². The van der Waals surface area contributed by atoms with E-state index < -0.39 is 0 Å². The highest BCUT2D eigenvalue weighted by atomic mass is 79.9. The molecule has 0 fully saturated rings. The van der Waals surface area contributed by atoms with E-state index in [9.17, 15) is 4.79 Å². The van der Waals surface area contributed by atoms with Crippen LogP contribution in [0, 0.1) is 0 Å². The summed E-state index contributed by atoms with van der Waals surface area (Å²) >= 11 is 6.19. The van der Waals surface area contributed by atoms with Gasteiger partial charge in [-0.3, -0.25) is 4.79 Å². The Morgan fingerprint density at radius 1 is 1.88 bits per heavy atom. The molecular formula is C3H5BBr2O2. The lowest BCUT2D eigenvalue weighted by atomic mass is 10.5. The van der Waals surface area contributed by atoms with Gasteiger partial charge in [-0.1, -0.05) is 31.9 Å².